The normalized spacial score (nSPS) is 12.3. The van der Waals surface area contributed by atoms with Gasteiger partial charge in [-0.25, -0.2) is 0 Å². The molecule has 0 aromatic carbocycles. The molecule has 0 aliphatic rings. The van der Waals surface area contributed by atoms with Crippen LogP contribution in [0, 0.1) is 12.3 Å². The maximum atomic E-state index is 12.5. The first kappa shape index (κ1) is 17.3. The van der Waals surface area contributed by atoms with Crippen LogP contribution in [0.25, 0.3) is 0 Å². The Hall–Kier alpha value is -1.78. The van der Waals surface area contributed by atoms with Crippen LogP contribution >= 0.6 is 0 Å². The summed E-state index contributed by atoms with van der Waals surface area (Å²) in [6.45, 7) is 11.1. The van der Waals surface area contributed by atoms with E-state index in [-0.39, 0.29) is 17.9 Å². The Bertz CT molecular complexity index is 549. The number of carboxylic acids is 1. The highest BCUT2D eigenvalue weighted by molar-refractivity contribution is 5.95. The van der Waals surface area contributed by atoms with Gasteiger partial charge >= 0.3 is 5.97 Å². The van der Waals surface area contributed by atoms with E-state index in [1.807, 2.05) is 20.8 Å². The Labute approximate surface area is 125 Å². The van der Waals surface area contributed by atoms with Crippen molar-refractivity contribution in [2.24, 2.45) is 5.41 Å². The monoisotopic (exact) mass is 295 g/mol. The molecule has 0 radical (unpaired) electrons. The smallest absolute Gasteiger partial charge is 0.310 e. The Morgan fingerprint density at radius 1 is 1.24 bits per heavy atom. The minimum absolute atomic E-state index is 0.136. The molecule has 21 heavy (non-hydrogen) atoms. The molecule has 1 rings (SSSR count). The molecule has 1 aromatic rings. The molecule has 0 spiro atoms. The fraction of sp³-hybridized carbons (Fsp3) is 0.625. The van der Waals surface area contributed by atoms with Crippen LogP contribution in [0.5, 0.6) is 0 Å². The average Bonchev–Trinajstić information content (AvgIpc) is 2.69. The lowest BCUT2D eigenvalue weighted by Gasteiger charge is -2.26. The number of hydrogen-bond acceptors (Lipinski definition) is 3. The zero-order chi connectivity index (χ0) is 16.6. The summed E-state index contributed by atoms with van der Waals surface area (Å²) in [7, 11) is 1.61. The van der Waals surface area contributed by atoms with E-state index < -0.39 is 11.4 Å². The van der Waals surface area contributed by atoms with Gasteiger partial charge in [0.05, 0.1) is 11.0 Å². The second-order valence-corrected chi connectivity index (χ2v) is 7.18. The first-order chi connectivity index (χ1) is 9.36. The SMILES string of the molecule is Cc1oc(C(C)(C)C)cc1C(=O)N(C)CC(C)(C)C(=O)O. The van der Waals surface area contributed by atoms with Gasteiger partial charge in [0.15, 0.2) is 0 Å². The lowest BCUT2D eigenvalue weighted by atomic mass is 9.92. The molecule has 1 N–H and O–H groups in total. The summed E-state index contributed by atoms with van der Waals surface area (Å²) in [5.41, 5.74) is -0.680. The van der Waals surface area contributed by atoms with Gasteiger partial charge in [0.2, 0.25) is 0 Å². The van der Waals surface area contributed by atoms with Crippen molar-refractivity contribution in [1.82, 2.24) is 4.90 Å². The number of hydrogen-bond donors (Lipinski definition) is 1. The lowest BCUT2D eigenvalue weighted by Crippen LogP contribution is -2.40. The molecule has 0 saturated heterocycles. The van der Waals surface area contributed by atoms with E-state index in [9.17, 15) is 9.59 Å². The van der Waals surface area contributed by atoms with Crippen molar-refractivity contribution in [1.29, 1.82) is 0 Å². The van der Waals surface area contributed by atoms with Crippen LogP contribution in [0.1, 0.15) is 56.5 Å². The van der Waals surface area contributed by atoms with E-state index in [4.69, 9.17) is 9.52 Å². The summed E-state index contributed by atoms with van der Waals surface area (Å²) >= 11 is 0. The average molecular weight is 295 g/mol. The number of aliphatic carboxylic acids is 1. The van der Waals surface area contributed by atoms with Crippen molar-refractivity contribution in [2.45, 2.75) is 47.0 Å². The van der Waals surface area contributed by atoms with Gasteiger partial charge in [0.25, 0.3) is 5.91 Å². The molecule has 1 amide bonds. The minimum Gasteiger partial charge on any atom is -0.481 e. The van der Waals surface area contributed by atoms with E-state index in [0.717, 1.165) is 5.76 Å². The Balaban J connectivity index is 2.99. The van der Waals surface area contributed by atoms with Crippen molar-refractivity contribution >= 4 is 11.9 Å². The molecule has 5 heteroatoms. The molecule has 0 fully saturated rings. The third-order valence-corrected chi connectivity index (χ3v) is 3.45. The molecule has 0 bridgehead atoms. The first-order valence-electron chi connectivity index (χ1n) is 6.96. The molecule has 0 saturated carbocycles. The largest absolute Gasteiger partial charge is 0.481 e. The Morgan fingerprint density at radius 3 is 2.14 bits per heavy atom. The molecule has 0 aliphatic carbocycles. The molecule has 5 nitrogen and oxygen atoms in total. The van der Waals surface area contributed by atoms with E-state index in [1.54, 1.807) is 33.9 Å². The summed E-state index contributed by atoms with van der Waals surface area (Å²) < 4.78 is 5.66. The Morgan fingerprint density at radius 2 is 1.76 bits per heavy atom. The number of carboxylic acid groups (broad SMARTS) is 1. The third kappa shape index (κ3) is 3.86. The maximum Gasteiger partial charge on any atom is 0.310 e. The highest BCUT2D eigenvalue weighted by atomic mass is 16.4. The first-order valence-corrected chi connectivity index (χ1v) is 6.96. The third-order valence-electron chi connectivity index (χ3n) is 3.45. The van der Waals surface area contributed by atoms with Gasteiger partial charge < -0.3 is 14.4 Å². The summed E-state index contributed by atoms with van der Waals surface area (Å²) in [4.78, 5) is 25.1. The van der Waals surface area contributed by atoms with Gasteiger partial charge in [-0.05, 0) is 26.8 Å². The van der Waals surface area contributed by atoms with E-state index in [2.05, 4.69) is 0 Å². The molecule has 118 valence electrons. The second kappa shape index (κ2) is 5.54. The van der Waals surface area contributed by atoms with Gasteiger partial charge in [-0.2, -0.15) is 0 Å². The fourth-order valence-electron chi connectivity index (χ4n) is 2.00. The molecule has 0 atom stereocenters. The molecular weight excluding hydrogens is 270 g/mol. The van der Waals surface area contributed by atoms with E-state index in [1.165, 1.54) is 4.90 Å². The number of nitrogens with zero attached hydrogens (tertiary/aromatic N) is 1. The predicted molar refractivity (Wildman–Crippen MR) is 80.5 cm³/mol. The van der Waals surface area contributed by atoms with Crippen LogP contribution in [0.4, 0.5) is 0 Å². The quantitative estimate of drug-likeness (QED) is 0.926. The van der Waals surface area contributed by atoms with Crippen LogP contribution in [0.15, 0.2) is 10.5 Å². The zero-order valence-electron chi connectivity index (χ0n) is 13.9. The van der Waals surface area contributed by atoms with E-state index >= 15 is 0 Å². The standard InChI is InChI=1S/C16H25NO4/c1-10-11(8-12(21-10)15(2,3)4)13(18)17(7)9-16(5,6)14(19)20/h8H,9H2,1-7H3,(H,19,20). The molecule has 1 aromatic heterocycles. The highest BCUT2D eigenvalue weighted by Crippen LogP contribution is 2.28. The van der Waals surface area contributed by atoms with Crippen molar-refractivity contribution in [3.05, 3.63) is 23.2 Å². The Kier molecular flexibility index (Phi) is 4.56. The highest BCUT2D eigenvalue weighted by Gasteiger charge is 2.32. The van der Waals surface area contributed by atoms with Gasteiger partial charge in [-0.15, -0.1) is 0 Å². The second-order valence-electron chi connectivity index (χ2n) is 7.18. The summed E-state index contributed by atoms with van der Waals surface area (Å²) in [6, 6.07) is 1.75. The minimum atomic E-state index is -0.991. The van der Waals surface area contributed by atoms with Gasteiger partial charge in [-0.1, -0.05) is 20.8 Å². The van der Waals surface area contributed by atoms with Crippen LogP contribution in [0.3, 0.4) is 0 Å². The van der Waals surface area contributed by atoms with Crippen molar-refractivity contribution in [3.63, 3.8) is 0 Å². The van der Waals surface area contributed by atoms with Crippen LogP contribution in [-0.4, -0.2) is 35.5 Å². The van der Waals surface area contributed by atoms with Crippen LogP contribution < -0.4 is 0 Å². The molecule has 1 heterocycles. The number of furan rings is 1. The maximum absolute atomic E-state index is 12.5. The number of amides is 1. The predicted octanol–water partition coefficient (Wildman–Crippen LogP) is 3.07. The van der Waals surface area contributed by atoms with Crippen molar-refractivity contribution in [3.8, 4) is 0 Å². The molecular formula is C16H25NO4. The number of aryl methyl sites for hydroxylation is 1. The van der Waals surface area contributed by atoms with Gasteiger partial charge in [0, 0.05) is 19.0 Å². The lowest BCUT2D eigenvalue weighted by molar-refractivity contribution is -0.147. The van der Waals surface area contributed by atoms with Crippen molar-refractivity contribution in [2.75, 3.05) is 13.6 Å². The van der Waals surface area contributed by atoms with Crippen LogP contribution in [-0.2, 0) is 10.2 Å². The van der Waals surface area contributed by atoms with Crippen molar-refractivity contribution < 1.29 is 19.1 Å². The summed E-state index contributed by atoms with van der Waals surface area (Å²) in [5.74, 6) is 0.154. The summed E-state index contributed by atoms with van der Waals surface area (Å²) in [6.07, 6.45) is 0. The van der Waals surface area contributed by atoms with E-state index in [0.29, 0.717) is 11.3 Å². The topological polar surface area (TPSA) is 70.8 Å². The zero-order valence-corrected chi connectivity index (χ0v) is 13.9. The molecule has 0 aliphatic heterocycles. The summed E-state index contributed by atoms with van der Waals surface area (Å²) in [5, 5.41) is 9.15. The molecule has 0 unspecified atom stereocenters. The van der Waals surface area contributed by atoms with Gasteiger partial charge in [-0.3, -0.25) is 9.59 Å². The fourth-order valence-corrected chi connectivity index (χ4v) is 2.00. The number of rotatable bonds is 4. The number of carbonyl (C=O) groups excluding carboxylic acids is 1. The number of carbonyl (C=O) groups is 2. The van der Waals surface area contributed by atoms with Gasteiger partial charge in [0.1, 0.15) is 11.5 Å². The van der Waals surface area contributed by atoms with Crippen LogP contribution in [0.2, 0.25) is 0 Å².